The molecule has 0 amide bonds. The molecule has 0 fully saturated rings. The summed E-state index contributed by atoms with van der Waals surface area (Å²) < 4.78 is 44.8. The average molecular weight is 503 g/mol. The van der Waals surface area contributed by atoms with Gasteiger partial charge in [0, 0.05) is 0 Å². The van der Waals surface area contributed by atoms with Crippen LogP contribution in [0.15, 0.2) is 0 Å². The van der Waals surface area contributed by atoms with Crippen LogP contribution in [0.5, 0.6) is 0 Å². The fraction of sp³-hybridized carbons (Fsp3) is 1.00. The summed E-state index contributed by atoms with van der Waals surface area (Å²) in [5.41, 5.74) is 0. The molecule has 0 aromatic heterocycles. The molecule has 0 aliphatic heterocycles. The fourth-order valence-electron chi connectivity index (χ4n) is 3.35. The van der Waals surface area contributed by atoms with Gasteiger partial charge in [0.2, 0.25) is 0 Å². The minimum Gasteiger partial charge on any atom is -0.394 e. The van der Waals surface area contributed by atoms with Crippen molar-refractivity contribution in [2.75, 3.05) is 31.3 Å². The van der Waals surface area contributed by atoms with Crippen molar-refractivity contribution in [3.63, 3.8) is 0 Å². The Morgan fingerprint density at radius 1 is 0.750 bits per heavy atom. The van der Waals surface area contributed by atoms with Crippen molar-refractivity contribution >= 4 is 17.7 Å². The number of sulfone groups is 1. The van der Waals surface area contributed by atoms with Crippen molar-refractivity contribution in [2.45, 2.75) is 109 Å². The van der Waals surface area contributed by atoms with Gasteiger partial charge < -0.3 is 15.1 Å². The van der Waals surface area contributed by atoms with Crippen LogP contribution in [0.3, 0.4) is 0 Å². The van der Waals surface area contributed by atoms with Gasteiger partial charge in [-0.3, -0.25) is 9.05 Å². The largest absolute Gasteiger partial charge is 0.472 e. The fourth-order valence-corrected chi connectivity index (χ4v) is 5.55. The molecule has 2 atom stereocenters. The Balaban J connectivity index is 3.57. The van der Waals surface area contributed by atoms with E-state index in [-0.39, 0.29) is 24.5 Å². The third kappa shape index (κ3) is 21.8. The van der Waals surface area contributed by atoms with E-state index in [0.29, 0.717) is 6.42 Å². The van der Waals surface area contributed by atoms with Crippen molar-refractivity contribution in [2.24, 2.45) is 0 Å². The molecule has 0 saturated carbocycles. The normalized spacial score (nSPS) is 15.0. The predicted molar refractivity (Wildman–Crippen MR) is 128 cm³/mol. The Bertz CT molecular complexity index is 570. The summed E-state index contributed by atoms with van der Waals surface area (Å²) in [6, 6.07) is 0. The summed E-state index contributed by atoms with van der Waals surface area (Å²) in [7, 11) is -7.57. The number of rotatable bonds is 24. The molecule has 0 aromatic rings. The summed E-state index contributed by atoms with van der Waals surface area (Å²) >= 11 is 0. The highest BCUT2D eigenvalue weighted by molar-refractivity contribution is 7.91. The second-order valence-electron chi connectivity index (χ2n) is 8.54. The van der Waals surface area contributed by atoms with E-state index >= 15 is 0 Å². The van der Waals surface area contributed by atoms with E-state index in [1.807, 2.05) is 0 Å². The van der Waals surface area contributed by atoms with E-state index in [1.165, 1.54) is 64.2 Å². The van der Waals surface area contributed by atoms with Crippen molar-refractivity contribution < 1.29 is 37.1 Å². The first kappa shape index (κ1) is 32.0. The van der Waals surface area contributed by atoms with Crippen LogP contribution in [0, 0.1) is 0 Å². The molecule has 194 valence electrons. The van der Waals surface area contributed by atoms with Gasteiger partial charge in [-0.15, -0.1) is 0 Å². The zero-order valence-electron chi connectivity index (χ0n) is 20.0. The predicted octanol–water partition coefficient (Wildman–Crippen LogP) is 4.76. The number of hydrogen-bond donors (Lipinski definition) is 3. The highest BCUT2D eigenvalue weighted by Crippen LogP contribution is 2.43. The van der Waals surface area contributed by atoms with E-state index in [4.69, 9.17) is 10.2 Å². The number of aliphatic hydroxyl groups is 2. The summed E-state index contributed by atoms with van der Waals surface area (Å²) in [5, 5.41) is 17.7. The Morgan fingerprint density at radius 3 is 1.66 bits per heavy atom. The molecule has 32 heavy (non-hydrogen) atoms. The molecular formula is C22H47O8PS. The quantitative estimate of drug-likeness (QED) is 0.127. The number of phosphoric acid groups is 1. The molecule has 3 N–H and O–H groups in total. The zero-order valence-corrected chi connectivity index (χ0v) is 21.7. The van der Waals surface area contributed by atoms with Gasteiger partial charge in [-0.2, -0.15) is 0 Å². The van der Waals surface area contributed by atoms with Crippen LogP contribution < -0.4 is 0 Å². The van der Waals surface area contributed by atoms with Crippen molar-refractivity contribution in [3.05, 3.63) is 0 Å². The van der Waals surface area contributed by atoms with Crippen molar-refractivity contribution in [1.29, 1.82) is 0 Å². The second-order valence-corrected chi connectivity index (χ2v) is 12.3. The minimum atomic E-state index is -4.36. The number of aliphatic hydroxyl groups excluding tert-OH is 2. The van der Waals surface area contributed by atoms with E-state index in [2.05, 4.69) is 16.0 Å². The van der Waals surface area contributed by atoms with E-state index in [1.54, 1.807) is 0 Å². The SMILES string of the molecule is CCCCCCCCCCCCCCCCS(=O)(=O)CCCOP(=O)(O)OCC(O)CO. The van der Waals surface area contributed by atoms with Crippen LogP contribution in [-0.2, 0) is 23.4 Å². The summed E-state index contributed by atoms with van der Waals surface area (Å²) in [5.74, 6) is 0.0196. The lowest BCUT2D eigenvalue weighted by atomic mass is 10.0. The first-order chi connectivity index (χ1) is 15.2. The summed E-state index contributed by atoms with van der Waals surface area (Å²) in [6.45, 7) is 0.865. The van der Waals surface area contributed by atoms with E-state index in [9.17, 15) is 17.9 Å². The lowest BCUT2D eigenvalue weighted by Crippen LogP contribution is -2.19. The maximum atomic E-state index is 12.0. The molecule has 8 nitrogen and oxygen atoms in total. The average Bonchev–Trinajstić information content (AvgIpc) is 2.75. The van der Waals surface area contributed by atoms with Gasteiger partial charge in [0.25, 0.3) is 0 Å². The van der Waals surface area contributed by atoms with Gasteiger partial charge in [0.15, 0.2) is 0 Å². The van der Waals surface area contributed by atoms with Gasteiger partial charge in [0.05, 0.1) is 31.3 Å². The van der Waals surface area contributed by atoms with Crippen LogP contribution in [0.4, 0.5) is 0 Å². The lowest BCUT2D eigenvalue weighted by molar-refractivity contribution is 0.0363. The third-order valence-corrected chi connectivity index (χ3v) is 8.11. The van der Waals surface area contributed by atoms with Crippen LogP contribution in [0.1, 0.15) is 103 Å². The zero-order chi connectivity index (χ0) is 24.1. The molecule has 0 aliphatic rings. The number of phosphoric ester groups is 1. The molecular weight excluding hydrogens is 455 g/mol. The molecule has 10 heteroatoms. The van der Waals surface area contributed by atoms with Crippen LogP contribution in [0.2, 0.25) is 0 Å². The van der Waals surface area contributed by atoms with Gasteiger partial charge in [-0.25, -0.2) is 13.0 Å². The molecule has 0 bridgehead atoms. The highest BCUT2D eigenvalue weighted by Gasteiger charge is 2.22. The molecule has 0 saturated heterocycles. The smallest absolute Gasteiger partial charge is 0.394 e. The molecule has 0 aliphatic carbocycles. The second kappa shape index (κ2) is 20.4. The highest BCUT2D eigenvalue weighted by atomic mass is 32.2. The maximum Gasteiger partial charge on any atom is 0.472 e. The lowest BCUT2D eigenvalue weighted by Gasteiger charge is -2.14. The van der Waals surface area contributed by atoms with Crippen molar-refractivity contribution in [3.8, 4) is 0 Å². The van der Waals surface area contributed by atoms with Gasteiger partial charge in [0.1, 0.15) is 15.9 Å². The van der Waals surface area contributed by atoms with E-state index in [0.717, 1.165) is 19.3 Å². The van der Waals surface area contributed by atoms with Crippen LogP contribution in [0.25, 0.3) is 0 Å². The summed E-state index contributed by atoms with van der Waals surface area (Å²) in [4.78, 5) is 9.40. The van der Waals surface area contributed by atoms with Gasteiger partial charge in [-0.05, 0) is 12.8 Å². The monoisotopic (exact) mass is 502 g/mol. The van der Waals surface area contributed by atoms with Gasteiger partial charge >= 0.3 is 7.82 Å². The first-order valence-corrected chi connectivity index (χ1v) is 15.7. The molecule has 0 radical (unpaired) electrons. The van der Waals surface area contributed by atoms with Gasteiger partial charge in [-0.1, -0.05) is 90.4 Å². The Labute approximate surface area is 195 Å². The maximum absolute atomic E-state index is 12.0. The number of hydrogen-bond acceptors (Lipinski definition) is 7. The number of unbranched alkanes of at least 4 members (excludes halogenated alkanes) is 13. The van der Waals surface area contributed by atoms with E-state index < -0.39 is 37.0 Å². The Hall–Kier alpha value is -0.0200. The first-order valence-electron chi connectivity index (χ1n) is 12.3. The molecule has 2 unspecified atom stereocenters. The summed E-state index contributed by atoms with van der Waals surface area (Å²) in [6.07, 6.45) is 15.8. The molecule has 0 spiro atoms. The topological polar surface area (TPSA) is 130 Å². The molecule has 0 heterocycles. The Kier molecular flexibility index (Phi) is 20.3. The van der Waals surface area contributed by atoms with Crippen LogP contribution >= 0.6 is 7.82 Å². The Morgan fingerprint density at radius 2 is 1.19 bits per heavy atom. The van der Waals surface area contributed by atoms with Crippen molar-refractivity contribution in [1.82, 2.24) is 0 Å². The molecule has 0 rings (SSSR count). The standard InChI is InChI=1S/C22H47O8PS/c1-2-3-4-5-6-7-8-9-10-11-12-13-14-15-18-32(27,28)19-16-17-29-31(25,26)30-21-22(24)20-23/h22-24H,2-21H2,1H3,(H,25,26). The molecule has 0 aromatic carbocycles. The van der Waals surface area contributed by atoms with Crippen LogP contribution in [-0.4, -0.2) is 61.0 Å². The third-order valence-electron chi connectivity index (χ3n) is 5.30. The minimum absolute atomic E-state index is 0.0946.